The highest BCUT2D eigenvalue weighted by molar-refractivity contribution is 7.47. The van der Waals surface area contributed by atoms with Gasteiger partial charge in [-0.3, -0.25) is 37.3 Å². The number of carbonyl (C=O) groups excluding carboxylic acids is 4. The Labute approximate surface area is 492 Å². The predicted molar refractivity (Wildman–Crippen MR) is 321 cm³/mol. The van der Waals surface area contributed by atoms with E-state index in [1.165, 1.54) is 109 Å². The first-order valence-corrected chi connectivity index (χ1v) is 35.5. The zero-order valence-electron chi connectivity index (χ0n) is 52.1. The standard InChI is InChI=1S/C62H120O17P2/c1-7-9-11-13-15-19-28-34-40-46-61(66)78-57(50-72-59(64)44-38-32-24-14-12-10-8-2)52-76-80(68,69)74-48-56(63)49-75-81(70,71)77-53-58(51-73-60(65)45-39-33-27-23-22-26-31-37-43-55(5)6)79-62(67)47-41-35-29-21-18-16-17-20-25-30-36-42-54(3)4/h54-58,63H,7-53H2,1-6H3,(H,68,69)(H,70,71)/t56-,57+,58+/m0/s1. The summed E-state index contributed by atoms with van der Waals surface area (Å²) < 4.78 is 67.8. The summed E-state index contributed by atoms with van der Waals surface area (Å²) in [6.45, 7) is 9.39. The lowest BCUT2D eigenvalue weighted by Crippen LogP contribution is -2.30. The highest BCUT2D eigenvalue weighted by Crippen LogP contribution is 2.45. The summed E-state index contributed by atoms with van der Waals surface area (Å²) in [7, 11) is -9.88. The third-order valence-corrected chi connectivity index (χ3v) is 16.1. The molecule has 0 fully saturated rings. The molecule has 480 valence electrons. The molecule has 0 rings (SSSR count). The third kappa shape index (κ3) is 56.9. The molecular formula is C62H120O17P2. The Morgan fingerprint density at radius 3 is 0.840 bits per heavy atom. The Morgan fingerprint density at radius 2 is 0.568 bits per heavy atom. The number of phosphoric ester groups is 2. The van der Waals surface area contributed by atoms with E-state index in [-0.39, 0.29) is 25.7 Å². The highest BCUT2D eigenvalue weighted by atomic mass is 31.2. The van der Waals surface area contributed by atoms with Gasteiger partial charge in [0.1, 0.15) is 19.3 Å². The number of hydrogen-bond acceptors (Lipinski definition) is 15. The molecule has 0 aromatic carbocycles. The van der Waals surface area contributed by atoms with Crippen molar-refractivity contribution in [3.8, 4) is 0 Å². The van der Waals surface area contributed by atoms with Crippen LogP contribution >= 0.6 is 15.6 Å². The van der Waals surface area contributed by atoms with Crippen LogP contribution < -0.4 is 0 Å². The van der Waals surface area contributed by atoms with Crippen molar-refractivity contribution >= 4 is 39.5 Å². The van der Waals surface area contributed by atoms with Gasteiger partial charge in [-0.25, -0.2) is 9.13 Å². The van der Waals surface area contributed by atoms with Crippen molar-refractivity contribution in [2.45, 2.75) is 323 Å². The zero-order chi connectivity index (χ0) is 60.1. The number of esters is 4. The molecule has 17 nitrogen and oxygen atoms in total. The number of unbranched alkanes of at least 4 members (excludes halogenated alkanes) is 31. The van der Waals surface area contributed by atoms with E-state index >= 15 is 0 Å². The Hall–Kier alpha value is -1.94. The van der Waals surface area contributed by atoms with Crippen LogP contribution in [0.5, 0.6) is 0 Å². The molecule has 3 N–H and O–H groups in total. The van der Waals surface area contributed by atoms with E-state index in [4.69, 9.17) is 37.0 Å². The number of hydrogen-bond donors (Lipinski definition) is 3. The SMILES string of the molecule is CCCCCCCCCCCC(=O)O[C@H](COC(=O)CCCCCCCCC)COP(=O)(O)OC[C@H](O)COP(=O)(O)OC[C@@H](COC(=O)CCCCCCCCCCC(C)C)OC(=O)CCCCCCCCCCCCCC(C)C. The summed E-state index contributed by atoms with van der Waals surface area (Å²) in [5, 5.41) is 10.5. The van der Waals surface area contributed by atoms with Crippen LogP contribution in [0.3, 0.4) is 0 Å². The molecule has 19 heteroatoms. The van der Waals surface area contributed by atoms with Gasteiger partial charge in [-0.2, -0.15) is 0 Å². The molecule has 81 heavy (non-hydrogen) atoms. The number of rotatable bonds is 61. The Kier molecular flexibility index (Phi) is 53.4. The summed E-state index contributed by atoms with van der Waals surface area (Å²) in [4.78, 5) is 72.0. The minimum atomic E-state index is -4.94. The molecule has 0 spiro atoms. The van der Waals surface area contributed by atoms with Gasteiger partial charge in [-0.05, 0) is 37.5 Å². The van der Waals surface area contributed by atoms with Crippen molar-refractivity contribution < 1.29 is 80.2 Å². The molecule has 0 bridgehead atoms. The largest absolute Gasteiger partial charge is 0.472 e. The number of aliphatic hydroxyl groups is 1. The van der Waals surface area contributed by atoms with E-state index in [0.717, 1.165) is 115 Å². The molecule has 0 aliphatic rings. The lowest BCUT2D eigenvalue weighted by atomic mass is 10.0. The summed E-state index contributed by atoms with van der Waals surface area (Å²) >= 11 is 0. The number of phosphoric acid groups is 2. The third-order valence-electron chi connectivity index (χ3n) is 14.2. The first kappa shape index (κ1) is 79.1. The van der Waals surface area contributed by atoms with Crippen molar-refractivity contribution in [3.05, 3.63) is 0 Å². The summed E-state index contributed by atoms with van der Waals surface area (Å²) in [5.41, 5.74) is 0. The van der Waals surface area contributed by atoms with Crippen LogP contribution in [0.2, 0.25) is 0 Å². The summed E-state index contributed by atoms with van der Waals surface area (Å²) in [6.07, 6.45) is 36.3. The highest BCUT2D eigenvalue weighted by Gasteiger charge is 2.30. The fraction of sp³-hybridized carbons (Fsp3) is 0.935. The van der Waals surface area contributed by atoms with Crippen LogP contribution in [-0.2, 0) is 65.4 Å². The molecule has 0 saturated carbocycles. The molecule has 0 aliphatic heterocycles. The van der Waals surface area contributed by atoms with E-state index in [9.17, 15) is 43.2 Å². The zero-order valence-corrected chi connectivity index (χ0v) is 53.9. The monoisotopic (exact) mass is 1200 g/mol. The first-order valence-electron chi connectivity index (χ1n) is 32.5. The maximum Gasteiger partial charge on any atom is 0.472 e. The average molecular weight is 1200 g/mol. The summed E-state index contributed by atoms with van der Waals surface area (Å²) in [6, 6.07) is 0. The maximum absolute atomic E-state index is 13.0. The Balaban J connectivity index is 5.21. The van der Waals surface area contributed by atoms with E-state index < -0.39 is 97.5 Å². The first-order chi connectivity index (χ1) is 38.9. The van der Waals surface area contributed by atoms with Gasteiger partial charge in [0, 0.05) is 25.7 Å². The minimum Gasteiger partial charge on any atom is -0.462 e. The van der Waals surface area contributed by atoms with Crippen LogP contribution in [0.4, 0.5) is 0 Å². The van der Waals surface area contributed by atoms with Gasteiger partial charge in [0.2, 0.25) is 0 Å². The lowest BCUT2D eigenvalue weighted by Gasteiger charge is -2.21. The van der Waals surface area contributed by atoms with Crippen molar-refractivity contribution in [2.75, 3.05) is 39.6 Å². The van der Waals surface area contributed by atoms with Gasteiger partial charge in [0.05, 0.1) is 26.4 Å². The van der Waals surface area contributed by atoms with Crippen LogP contribution in [-0.4, -0.2) is 96.7 Å². The van der Waals surface area contributed by atoms with Crippen molar-refractivity contribution in [1.29, 1.82) is 0 Å². The number of ether oxygens (including phenoxy) is 4. The second-order valence-corrected chi connectivity index (χ2v) is 26.3. The molecule has 0 radical (unpaired) electrons. The Bertz CT molecular complexity index is 1600. The quantitative estimate of drug-likeness (QED) is 0.0222. The molecule has 0 aromatic rings. The van der Waals surface area contributed by atoms with Crippen LogP contribution in [0.25, 0.3) is 0 Å². The smallest absolute Gasteiger partial charge is 0.462 e. The van der Waals surface area contributed by atoms with E-state index in [0.29, 0.717) is 25.7 Å². The molecule has 0 aromatic heterocycles. The molecule has 0 saturated heterocycles. The fourth-order valence-corrected chi connectivity index (χ4v) is 10.8. The van der Waals surface area contributed by atoms with Gasteiger partial charge < -0.3 is 33.8 Å². The van der Waals surface area contributed by atoms with E-state index in [2.05, 4.69) is 41.5 Å². The van der Waals surface area contributed by atoms with E-state index in [1.54, 1.807) is 0 Å². The maximum atomic E-state index is 13.0. The molecule has 2 unspecified atom stereocenters. The number of aliphatic hydroxyl groups excluding tert-OH is 1. The predicted octanol–water partition coefficient (Wildman–Crippen LogP) is 16.9. The molecule has 5 atom stereocenters. The van der Waals surface area contributed by atoms with Gasteiger partial charge in [0.25, 0.3) is 0 Å². The average Bonchev–Trinajstić information content (AvgIpc) is 3.42. The second kappa shape index (κ2) is 54.7. The molecule has 0 amide bonds. The second-order valence-electron chi connectivity index (χ2n) is 23.4. The lowest BCUT2D eigenvalue weighted by molar-refractivity contribution is -0.161. The molecule has 0 aliphatic carbocycles. The molecule has 0 heterocycles. The number of carbonyl (C=O) groups is 4. The summed E-state index contributed by atoms with van der Waals surface area (Å²) in [5.74, 6) is -0.650. The Morgan fingerprint density at radius 1 is 0.333 bits per heavy atom. The molecular weight excluding hydrogens is 1080 g/mol. The van der Waals surface area contributed by atoms with Crippen LogP contribution in [0, 0.1) is 11.8 Å². The fourth-order valence-electron chi connectivity index (χ4n) is 9.18. The normalized spacial score (nSPS) is 14.4. The van der Waals surface area contributed by atoms with Crippen molar-refractivity contribution in [2.24, 2.45) is 11.8 Å². The topological polar surface area (TPSA) is 237 Å². The van der Waals surface area contributed by atoms with Crippen LogP contribution in [0.1, 0.15) is 305 Å². The van der Waals surface area contributed by atoms with Crippen LogP contribution in [0.15, 0.2) is 0 Å². The van der Waals surface area contributed by atoms with Gasteiger partial charge in [0.15, 0.2) is 12.2 Å². The van der Waals surface area contributed by atoms with E-state index in [1.807, 2.05) is 0 Å². The minimum absolute atomic E-state index is 0.105. The van der Waals surface area contributed by atoms with Gasteiger partial charge in [-0.1, -0.05) is 253 Å². The van der Waals surface area contributed by atoms with Crippen molar-refractivity contribution in [3.63, 3.8) is 0 Å². The van der Waals surface area contributed by atoms with Gasteiger partial charge >= 0.3 is 39.5 Å². The van der Waals surface area contributed by atoms with Crippen molar-refractivity contribution in [1.82, 2.24) is 0 Å². The van der Waals surface area contributed by atoms with Gasteiger partial charge in [-0.15, -0.1) is 0 Å².